The molecule has 0 radical (unpaired) electrons. The van der Waals surface area contributed by atoms with Crippen molar-refractivity contribution in [3.8, 4) is 0 Å². The third-order valence-electron chi connectivity index (χ3n) is 8.07. The van der Waals surface area contributed by atoms with E-state index in [2.05, 4.69) is 55.4 Å². The lowest BCUT2D eigenvalue weighted by Gasteiger charge is -2.11. The molecule has 0 aliphatic carbocycles. The van der Waals surface area contributed by atoms with Crippen molar-refractivity contribution in [3.05, 3.63) is 136 Å². The van der Waals surface area contributed by atoms with Crippen LogP contribution in [0.3, 0.4) is 0 Å². The number of hydrogen-bond donors (Lipinski definition) is 0. The average Bonchev–Trinajstić information content (AvgIpc) is 3.02. The van der Waals surface area contributed by atoms with Crippen molar-refractivity contribution in [3.63, 3.8) is 0 Å². The minimum absolute atomic E-state index is 0.0770. The summed E-state index contributed by atoms with van der Waals surface area (Å²) in [6, 6.07) is 18.7. The molecule has 0 N–H and O–H groups in total. The van der Waals surface area contributed by atoms with Gasteiger partial charge in [0.1, 0.15) is 0 Å². The quantitative estimate of drug-likeness (QED) is 0.187. The second-order valence-corrected chi connectivity index (χ2v) is 14.7. The van der Waals surface area contributed by atoms with Crippen LogP contribution in [0.1, 0.15) is 90.5 Å². The van der Waals surface area contributed by atoms with Gasteiger partial charge in [0.2, 0.25) is 5.56 Å². The van der Waals surface area contributed by atoms with Gasteiger partial charge in [-0.3, -0.25) is 19.2 Å². The highest BCUT2D eigenvalue weighted by Gasteiger charge is 2.06. The smallest absolute Gasteiger partial charge is 0.253 e. The highest BCUT2D eigenvalue weighted by molar-refractivity contribution is 5.15. The fourth-order valence-corrected chi connectivity index (χ4v) is 5.37. The predicted octanol–water partition coefficient (Wildman–Crippen LogP) is 7.13. The summed E-state index contributed by atoms with van der Waals surface area (Å²) in [5, 5.41) is 0. The van der Waals surface area contributed by atoms with Crippen molar-refractivity contribution in [1.82, 2.24) is 18.3 Å². The van der Waals surface area contributed by atoms with Gasteiger partial charge in [-0.05, 0) is 87.5 Å². The standard InChI is InChI=1S/2C11H17NO.2C10H15NO/c1-8(2)7-10-6-5-9(3)12(4)11(10)13;1-4-12-10(8-9(2)3)6-5-7-11(12)13;1-8(2)7-9-5-4-6-11(3)10(9)12;1-8(2)7-9-5-4-6-10(12)11(9)3/h5-6,8H,7H2,1-4H3;5-7,9H,4,8H2,1-3H3;2*4-6,8H,7H2,1-3H3. The van der Waals surface area contributed by atoms with E-state index in [-0.39, 0.29) is 22.2 Å². The molecule has 4 heterocycles. The van der Waals surface area contributed by atoms with Crippen molar-refractivity contribution in [2.75, 3.05) is 0 Å². The highest BCUT2D eigenvalue weighted by atomic mass is 16.1. The van der Waals surface area contributed by atoms with E-state index < -0.39 is 0 Å². The Morgan fingerprint density at radius 1 is 0.520 bits per heavy atom. The third kappa shape index (κ3) is 15.1. The van der Waals surface area contributed by atoms with Gasteiger partial charge in [0, 0.05) is 74.2 Å². The Bertz CT molecular complexity index is 1840. The molecular formula is C42H64N4O4. The topological polar surface area (TPSA) is 88.0 Å². The van der Waals surface area contributed by atoms with Gasteiger partial charge in [-0.1, -0.05) is 79.7 Å². The molecule has 0 spiro atoms. The van der Waals surface area contributed by atoms with Crippen LogP contribution in [0.4, 0.5) is 0 Å². The van der Waals surface area contributed by atoms with Crippen LogP contribution in [-0.2, 0) is 53.4 Å². The SMILES string of the molecule is CC(C)Cc1cccc(=O)n1C.CC(C)Cc1cccn(C)c1=O.CCn1c(CC(C)C)cccc1=O.Cc1ccc(CC(C)C)c(=O)n1C. The van der Waals surface area contributed by atoms with Crippen LogP contribution >= 0.6 is 0 Å². The first-order valence-corrected chi connectivity index (χ1v) is 18.0. The van der Waals surface area contributed by atoms with E-state index in [0.717, 1.165) is 60.4 Å². The van der Waals surface area contributed by atoms with Gasteiger partial charge in [0.05, 0.1) is 0 Å². The van der Waals surface area contributed by atoms with Gasteiger partial charge in [-0.2, -0.15) is 0 Å². The summed E-state index contributed by atoms with van der Waals surface area (Å²) in [6.45, 7) is 21.8. The zero-order valence-corrected chi connectivity index (χ0v) is 33.1. The lowest BCUT2D eigenvalue weighted by Crippen LogP contribution is -2.23. The van der Waals surface area contributed by atoms with E-state index in [9.17, 15) is 19.2 Å². The monoisotopic (exact) mass is 688 g/mol. The molecule has 0 saturated heterocycles. The van der Waals surface area contributed by atoms with Crippen LogP contribution < -0.4 is 22.2 Å². The second-order valence-electron chi connectivity index (χ2n) is 14.7. The lowest BCUT2D eigenvalue weighted by atomic mass is 10.0. The predicted molar refractivity (Wildman–Crippen MR) is 210 cm³/mol. The average molecular weight is 689 g/mol. The zero-order valence-electron chi connectivity index (χ0n) is 33.1. The van der Waals surface area contributed by atoms with Crippen molar-refractivity contribution >= 4 is 0 Å². The largest absolute Gasteiger partial charge is 0.318 e. The van der Waals surface area contributed by atoms with Crippen molar-refractivity contribution in [1.29, 1.82) is 0 Å². The molecule has 0 saturated carbocycles. The molecule has 0 unspecified atom stereocenters. The summed E-state index contributed by atoms with van der Waals surface area (Å²) in [5.74, 6) is 2.27. The van der Waals surface area contributed by atoms with Crippen LogP contribution in [0.25, 0.3) is 0 Å². The van der Waals surface area contributed by atoms with Crippen LogP contribution in [-0.4, -0.2) is 18.3 Å². The molecule has 0 aromatic carbocycles. The summed E-state index contributed by atoms with van der Waals surface area (Å²) in [6.07, 6.45) is 5.46. The Labute approximate surface area is 300 Å². The molecule has 0 aliphatic rings. The lowest BCUT2D eigenvalue weighted by molar-refractivity contribution is 0.583. The Morgan fingerprint density at radius 3 is 1.52 bits per heavy atom. The maximum Gasteiger partial charge on any atom is 0.253 e. The highest BCUT2D eigenvalue weighted by Crippen LogP contribution is 2.07. The van der Waals surface area contributed by atoms with Crippen molar-refractivity contribution < 1.29 is 0 Å². The molecule has 4 aromatic rings. The number of aromatic nitrogens is 4. The summed E-state index contributed by atoms with van der Waals surface area (Å²) < 4.78 is 6.87. The number of pyridine rings is 4. The Kier molecular flexibility index (Phi) is 19.1. The molecule has 0 fully saturated rings. The molecule has 0 amide bonds. The van der Waals surface area contributed by atoms with Gasteiger partial charge >= 0.3 is 0 Å². The van der Waals surface area contributed by atoms with Gasteiger partial charge in [0.25, 0.3) is 16.7 Å². The third-order valence-corrected chi connectivity index (χ3v) is 8.07. The summed E-state index contributed by atoms with van der Waals surface area (Å²) in [7, 11) is 5.42. The first kappa shape index (κ1) is 43.8. The fraction of sp³-hybridized carbons (Fsp3) is 0.524. The minimum Gasteiger partial charge on any atom is -0.318 e. The summed E-state index contributed by atoms with van der Waals surface area (Å²) in [4.78, 5) is 45.8. The maximum absolute atomic E-state index is 11.7. The fourth-order valence-electron chi connectivity index (χ4n) is 5.37. The van der Waals surface area contributed by atoms with Crippen molar-refractivity contribution in [2.24, 2.45) is 44.8 Å². The Hall–Kier alpha value is -4.20. The molecule has 276 valence electrons. The second kappa shape index (κ2) is 21.8. The molecule has 8 heteroatoms. The summed E-state index contributed by atoms with van der Waals surface area (Å²) in [5.41, 5.74) is 5.56. The Balaban J connectivity index is 0.000000334. The van der Waals surface area contributed by atoms with E-state index >= 15 is 0 Å². The van der Waals surface area contributed by atoms with Gasteiger partial charge in [-0.15, -0.1) is 0 Å². The van der Waals surface area contributed by atoms with E-state index in [1.54, 1.807) is 39.1 Å². The van der Waals surface area contributed by atoms with E-state index in [0.29, 0.717) is 23.7 Å². The summed E-state index contributed by atoms with van der Waals surface area (Å²) >= 11 is 0. The molecule has 4 aromatic heterocycles. The van der Waals surface area contributed by atoms with Crippen molar-refractivity contribution in [2.45, 2.75) is 101 Å². The van der Waals surface area contributed by atoms with E-state index in [1.165, 1.54) is 0 Å². The number of nitrogens with zero attached hydrogens (tertiary/aromatic N) is 4. The maximum atomic E-state index is 11.7. The molecule has 0 atom stereocenters. The number of hydrogen-bond acceptors (Lipinski definition) is 4. The number of rotatable bonds is 9. The van der Waals surface area contributed by atoms with Crippen LogP contribution in [0.15, 0.2) is 86.0 Å². The molecule has 50 heavy (non-hydrogen) atoms. The van der Waals surface area contributed by atoms with Gasteiger partial charge in [-0.25, -0.2) is 0 Å². The zero-order chi connectivity index (χ0) is 38.1. The minimum atomic E-state index is 0.0770. The van der Waals surface area contributed by atoms with E-state index in [4.69, 9.17) is 0 Å². The normalized spacial score (nSPS) is 10.7. The Morgan fingerprint density at radius 2 is 1.00 bits per heavy atom. The van der Waals surface area contributed by atoms with E-state index in [1.807, 2.05) is 81.0 Å². The molecule has 0 bridgehead atoms. The van der Waals surface area contributed by atoms with Gasteiger partial charge < -0.3 is 18.3 Å². The molecule has 0 aliphatic heterocycles. The first-order chi connectivity index (χ1) is 23.4. The van der Waals surface area contributed by atoms with Gasteiger partial charge in [0.15, 0.2) is 0 Å². The van der Waals surface area contributed by atoms with Crippen LogP contribution in [0, 0.1) is 30.6 Å². The van der Waals surface area contributed by atoms with Crippen LogP contribution in [0.2, 0.25) is 0 Å². The molecule has 4 rings (SSSR count). The first-order valence-electron chi connectivity index (χ1n) is 18.0. The number of aryl methyl sites for hydroxylation is 2. The van der Waals surface area contributed by atoms with Crippen LogP contribution in [0.5, 0.6) is 0 Å². The molecule has 8 nitrogen and oxygen atoms in total. The molecular weight excluding hydrogens is 624 g/mol.